The first-order chi connectivity index (χ1) is 7.39. The summed E-state index contributed by atoms with van der Waals surface area (Å²) < 4.78 is 0. The standard InChI is InChI=1S/C11H24N4O/c1-6-7-13-9(16)8-14-10(12-5)15-11(2,3)4/h6-8H2,1-5H3,(H,13,16)(H2,12,14,15). The molecule has 0 aliphatic carbocycles. The highest BCUT2D eigenvalue weighted by atomic mass is 16.1. The van der Waals surface area contributed by atoms with Crippen LogP contribution in [-0.4, -0.2) is 37.5 Å². The zero-order chi connectivity index (χ0) is 12.6. The molecule has 0 radical (unpaired) electrons. The molecule has 0 saturated heterocycles. The van der Waals surface area contributed by atoms with E-state index in [9.17, 15) is 4.79 Å². The minimum atomic E-state index is -0.0677. The van der Waals surface area contributed by atoms with Crippen LogP contribution < -0.4 is 16.0 Å². The number of guanidine groups is 1. The molecule has 16 heavy (non-hydrogen) atoms. The fraction of sp³-hybridized carbons (Fsp3) is 0.818. The third-order valence-corrected chi connectivity index (χ3v) is 1.71. The molecule has 1 amide bonds. The van der Waals surface area contributed by atoms with Crippen molar-refractivity contribution in [3.05, 3.63) is 0 Å². The lowest BCUT2D eigenvalue weighted by molar-refractivity contribution is -0.120. The molecule has 94 valence electrons. The van der Waals surface area contributed by atoms with Crippen molar-refractivity contribution in [1.29, 1.82) is 0 Å². The van der Waals surface area contributed by atoms with Gasteiger partial charge < -0.3 is 16.0 Å². The number of nitrogens with zero attached hydrogens (tertiary/aromatic N) is 1. The lowest BCUT2D eigenvalue weighted by Crippen LogP contribution is -2.49. The summed E-state index contributed by atoms with van der Waals surface area (Å²) in [7, 11) is 1.69. The van der Waals surface area contributed by atoms with Gasteiger partial charge in [-0.1, -0.05) is 6.92 Å². The first kappa shape index (κ1) is 14.7. The number of aliphatic imine (C=N–C) groups is 1. The topological polar surface area (TPSA) is 65.5 Å². The van der Waals surface area contributed by atoms with E-state index in [0.29, 0.717) is 12.5 Å². The summed E-state index contributed by atoms with van der Waals surface area (Å²) in [4.78, 5) is 15.4. The summed E-state index contributed by atoms with van der Waals surface area (Å²) >= 11 is 0. The maximum atomic E-state index is 11.3. The molecule has 0 aliphatic heterocycles. The van der Waals surface area contributed by atoms with Crippen LogP contribution >= 0.6 is 0 Å². The van der Waals surface area contributed by atoms with Crippen molar-refractivity contribution in [2.75, 3.05) is 20.1 Å². The minimum absolute atomic E-state index is 0.0151. The van der Waals surface area contributed by atoms with Crippen molar-refractivity contribution in [1.82, 2.24) is 16.0 Å². The average Bonchev–Trinajstić information content (AvgIpc) is 2.19. The summed E-state index contributed by atoms with van der Waals surface area (Å²) in [6.45, 7) is 9.10. The van der Waals surface area contributed by atoms with Crippen molar-refractivity contribution < 1.29 is 4.79 Å². The van der Waals surface area contributed by atoms with Crippen molar-refractivity contribution >= 4 is 11.9 Å². The Morgan fingerprint density at radius 1 is 1.25 bits per heavy atom. The first-order valence-electron chi connectivity index (χ1n) is 5.64. The Hall–Kier alpha value is -1.26. The van der Waals surface area contributed by atoms with Crippen LogP contribution in [0.3, 0.4) is 0 Å². The molecule has 0 aromatic carbocycles. The molecule has 0 atom stereocenters. The summed E-state index contributed by atoms with van der Waals surface area (Å²) in [5.41, 5.74) is -0.0677. The van der Waals surface area contributed by atoms with E-state index in [4.69, 9.17) is 0 Å². The Morgan fingerprint density at radius 3 is 2.31 bits per heavy atom. The summed E-state index contributed by atoms with van der Waals surface area (Å²) in [5, 5.41) is 8.93. The van der Waals surface area contributed by atoms with E-state index in [1.54, 1.807) is 7.05 Å². The Balaban J connectivity index is 3.93. The van der Waals surface area contributed by atoms with Gasteiger partial charge in [0.2, 0.25) is 5.91 Å². The van der Waals surface area contributed by atoms with Gasteiger partial charge in [0.1, 0.15) is 0 Å². The molecule has 0 saturated carbocycles. The second kappa shape index (κ2) is 7.09. The van der Waals surface area contributed by atoms with Crippen LogP contribution in [0.5, 0.6) is 0 Å². The van der Waals surface area contributed by atoms with Crippen LogP contribution in [0.1, 0.15) is 34.1 Å². The molecule has 0 unspecified atom stereocenters. The Morgan fingerprint density at radius 2 is 1.88 bits per heavy atom. The van der Waals surface area contributed by atoms with E-state index in [1.807, 2.05) is 27.7 Å². The zero-order valence-corrected chi connectivity index (χ0v) is 11.0. The van der Waals surface area contributed by atoms with E-state index < -0.39 is 0 Å². The van der Waals surface area contributed by atoms with Crippen LogP contribution in [0, 0.1) is 0 Å². The molecule has 0 aliphatic rings. The second-order valence-electron chi connectivity index (χ2n) is 4.65. The highest BCUT2D eigenvalue weighted by Crippen LogP contribution is 1.97. The van der Waals surface area contributed by atoms with Crippen LogP contribution in [0.2, 0.25) is 0 Å². The number of nitrogens with one attached hydrogen (secondary N) is 3. The quantitative estimate of drug-likeness (QED) is 0.484. The highest BCUT2D eigenvalue weighted by Gasteiger charge is 2.12. The van der Waals surface area contributed by atoms with Crippen LogP contribution in [0.25, 0.3) is 0 Å². The van der Waals surface area contributed by atoms with Crippen molar-refractivity contribution in [3.8, 4) is 0 Å². The van der Waals surface area contributed by atoms with Gasteiger partial charge in [-0.25, -0.2) is 0 Å². The molecular weight excluding hydrogens is 204 g/mol. The molecule has 0 fully saturated rings. The van der Waals surface area contributed by atoms with E-state index in [0.717, 1.165) is 6.42 Å². The molecule has 0 rings (SSSR count). The van der Waals surface area contributed by atoms with Crippen molar-refractivity contribution in [3.63, 3.8) is 0 Å². The van der Waals surface area contributed by atoms with E-state index in [2.05, 4.69) is 20.9 Å². The maximum absolute atomic E-state index is 11.3. The number of hydrogen-bond donors (Lipinski definition) is 3. The molecule has 0 aromatic rings. The minimum Gasteiger partial charge on any atom is -0.355 e. The smallest absolute Gasteiger partial charge is 0.239 e. The largest absolute Gasteiger partial charge is 0.355 e. The first-order valence-corrected chi connectivity index (χ1v) is 5.64. The van der Waals surface area contributed by atoms with Gasteiger partial charge in [0.15, 0.2) is 5.96 Å². The van der Waals surface area contributed by atoms with Gasteiger partial charge in [-0.05, 0) is 27.2 Å². The molecule has 0 spiro atoms. The fourth-order valence-corrected chi connectivity index (χ4v) is 1.03. The third-order valence-electron chi connectivity index (χ3n) is 1.71. The molecule has 0 heterocycles. The normalized spacial score (nSPS) is 12.2. The highest BCUT2D eigenvalue weighted by molar-refractivity contribution is 5.86. The van der Waals surface area contributed by atoms with E-state index in [1.165, 1.54) is 0 Å². The maximum Gasteiger partial charge on any atom is 0.239 e. The van der Waals surface area contributed by atoms with Gasteiger partial charge in [-0.15, -0.1) is 0 Å². The third kappa shape index (κ3) is 8.08. The zero-order valence-electron chi connectivity index (χ0n) is 11.0. The van der Waals surface area contributed by atoms with Gasteiger partial charge in [-0.2, -0.15) is 0 Å². The van der Waals surface area contributed by atoms with Gasteiger partial charge in [-0.3, -0.25) is 9.79 Å². The Labute approximate surface area is 98.1 Å². The van der Waals surface area contributed by atoms with Crippen LogP contribution in [0.4, 0.5) is 0 Å². The molecule has 0 aromatic heterocycles. The monoisotopic (exact) mass is 228 g/mol. The molecule has 5 nitrogen and oxygen atoms in total. The van der Waals surface area contributed by atoms with Gasteiger partial charge >= 0.3 is 0 Å². The number of carbonyl (C=O) groups is 1. The van der Waals surface area contributed by atoms with E-state index >= 15 is 0 Å². The number of rotatable bonds is 4. The second-order valence-corrected chi connectivity index (χ2v) is 4.65. The average molecular weight is 228 g/mol. The van der Waals surface area contributed by atoms with Crippen LogP contribution in [-0.2, 0) is 4.79 Å². The predicted octanol–water partition coefficient (Wildman–Crippen LogP) is 0.476. The van der Waals surface area contributed by atoms with Crippen molar-refractivity contribution in [2.45, 2.75) is 39.7 Å². The molecule has 0 bridgehead atoms. The van der Waals surface area contributed by atoms with Gasteiger partial charge in [0.25, 0.3) is 0 Å². The Bertz CT molecular complexity index is 243. The number of carbonyl (C=O) groups excluding carboxylic acids is 1. The van der Waals surface area contributed by atoms with Gasteiger partial charge in [0.05, 0.1) is 6.54 Å². The SMILES string of the molecule is CCCNC(=O)CNC(=NC)NC(C)(C)C. The number of hydrogen-bond acceptors (Lipinski definition) is 2. The molecule has 5 heteroatoms. The predicted molar refractivity (Wildman–Crippen MR) is 67.6 cm³/mol. The Kier molecular flexibility index (Phi) is 6.53. The molecular formula is C11H24N4O. The van der Waals surface area contributed by atoms with Crippen LogP contribution in [0.15, 0.2) is 4.99 Å². The fourth-order valence-electron chi connectivity index (χ4n) is 1.03. The summed E-state index contributed by atoms with van der Waals surface area (Å²) in [6, 6.07) is 0. The summed E-state index contributed by atoms with van der Waals surface area (Å²) in [6.07, 6.45) is 0.945. The molecule has 3 N–H and O–H groups in total. The van der Waals surface area contributed by atoms with Gasteiger partial charge in [0, 0.05) is 19.1 Å². The van der Waals surface area contributed by atoms with E-state index in [-0.39, 0.29) is 18.0 Å². The number of amides is 1. The van der Waals surface area contributed by atoms with Crippen molar-refractivity contribution in [2.24, 2.45) is 4.99 Å². The lowest BCUT2D eigenvalue weighted by Gasteiger charge is -2.23. The summed E-state index contributed by atoms with van der Waals surface area (Å²) in [5.74, 6) is 0.623. The lowest BCUT2D eigenvalue weighted by atomic mass is 10.1.